The lowest BCUT2D eigenvalue weighted by Gasteiger charge is -2.14. The summed E-state index contributed by atoms with van der Waals surface area (Å²) < 4.78 is 0. The van der Waals surface area contributed by atoms with E-state index in [1.165, 1.54) is 0 Å². The first-order valence-corrected chi connectivity index (χ1v) is 7.19. The number of aromatic nitrogens is 1. The van der Waals surface area contributed by atoms with Gasteiger partial charge in [0.15, 0.2) is 0 Å². The van der Waals surface area contributed by atoms with Crippen LogP contribution < -0.4 is 5.32 Å². The summed E-state index contributed by atoms with van der Waals surface area (Å²) in [6.45, 7) is 2.11. The Hall–Kier alpha value is -1.73. The maximum absolute atomic E-state index is 9.19. The minimum absolute atomic E-state index is 0.334. The van der Waals surface area contributed by atoms with Crippen LogP contribution in [0.25, 0.3) is 10.9 Å². The average Bonchev–Trinajstić information content (AvgIpc) is 2.38. The number of fused-ring (bicyclic) bond motifs is 1. The van der Waals surface area contributed by atoms with Crippen molar-refractivity contribution in [3.8, 4) is 6.07 Å². The van der Waals surface area contributed by atoms with Crippen molar-refractivity contribution in [2.75, 3.05) is 17.3 Å². The Bertz CT molecular complexity index is 589. The molecular weight excluding hydrogens is 242 g/mol. The van der Waals surface area contributed by atoms with Gasteiger partial charge in [0, 0.05) is 17.2 Å². The Morgan fingerprint density at radius 2 is 2.22 bits per heavy atom. The molecule has 0 amide bonds. The molecule has 3 nitrogen and oxygen atoms in total. The largest absolute Gasteiger partial charge is 0.367 e. The van der Waals surface area contributed by atoms with E-state index >= 15 is 0 Å². The van der Waals surface area contributed by atoms with Gasteiger partial charge in [0.2, 0.25) is 0 Å². The molecule has 0 aliphatic rings. The van der Waals surface area contributed by atoms with Crippen molar-refractivity contribution in [3.63, 3.8) is 0 Å². The summed E-state index contributed by atoms with van der Waals surface area (Å²) >= 11 is 1.79. The first kappa shape index (κ1) is 12.7. The Morgan fingerprint density at radius 3 is 2.94 bits per heavy atom. The van der Waals surface area contributed by atoms with Crippen LogP contribution in [0.3, 0.4) is 0 Å². The van der Waals surface area contributed by atoms with Gasteiger partial charge in [0.25, 0.3) is 0 Å². The molecule has 0 saturated heterocycles. The number of nitriles is 1. The second kappa shape index (κ2) is 5.74. The van der Waals surface area contributed by atoms with Crippen molar-refractivity contribution < 1.29 is 0 Å². The van der Waals surface area contributed by atoms with Crippen molar-refractivity contribution in [1.29, 1.82) is 5.26 Å². The molecule has 0 bridgehead atoms. The van der Waals surface area contributed by atoms with Gasteiger partial charge >= 0.3 is 0 Å². The van der Waals surface area contributed by atoms with Crippen LogP contribution in [0.15, 0.2) is 30.3 Å². The van der Waals surface area contributed by atoms with Crippen LogP contribution in [0, 0.1) is 11.3 Å². The highest BCUT2D eigenvalue weighted by Crippen LogP contribution is 2.20. The molecule has 92 valence electrons. The van der Waals surface area contributed by atoms with Gasteiger partial charge in [0.05, 0.1) is 17.1 Å². The molecule has 0 fully saturated rings. The first-order valence-electron chi connectivity index (χ1n) is 5.80. The van der Waals surface area contributed by atoms with E-state index in [4.69, 9.17) is 0 Å². The molecule has 1 atom stereocenters. The first-order chi connectivity index (χ1) is 8.74. The van der Waals surface area contributed by atoms with Gasteiger partial charge in [0.1, 0.15) is 5.82 Å². The van der Waals surface area contributed by atoms with Crippen LogP contribution in [0.1, 0.15) is 12.5 Å². The third-order valence-electron chi connectivity index (χ3n) is 2.65. The quantitative estimate of drug-likeness (QED) is 0.913. The van der Waals surface area contributed by atoms with E-state index in [2.05, 4.69) is 29.5 Å². The van der Waals surface area contributed by atoms with Gasteiger partial charge in [-0.05, 0) is 25.3 Å². The highest BCUT2D eigenvalue weighted by molar-refractivity contribution is 7.98. The summed E-state index contributed by atoms with van der Waals surface area (Å²) in [6, 6.07) is 12.1. The number of rotatable bonds is 4. The summed E-state index contributed by atoms with van der Waals surface area (Å²) in [5.41, 5.74) is 1.52. The number of para-hydroxylation sites is 1. The predicted molar refractivity (Wildman–Crippen MR) is 77.9 cm³/mol. The molecule has 1 N–H and O–H groups in total. The number of hydrogen-bond donors (Lipinski definition) is 1. The topological polar surface area (TPSA) is 48.7 Å². The molecule has 4 heteroatoms. The second-order valence-electron chi connectivity index (χ2n) is 4.18. The minimum atomic E-state index is 0.334. The zero-order valence-electron chi connectivity index (χ0n) is 10.5. The molecule has 0 aliphatic heterocycles. The number of nitrogens with one attached hydrogen (secondary N) is 1. The van der Waals surface area contributed by atoms with E-state index in [1.54, 1.807) is 11.8 Å². The Labute approximate surface area is 111 Å². The smallest absolute Gasteiger partial charge is 0.128 e. The third-order valence-corrected chi connectivity index (χ3v) is 3.48. The van der Waals surface area contributed by atoms with Crippen LogP contribution in [-0.4, -0.2) is 23.0 Å². The Balaban J connectivity index is 2.38. The van der Waals surface area contributed by atoms with Crippen molar-refractivity contribution >= 4 is 28.5 Å². The molecule has 0 spiro atoms. The van der Waals surface area contributed by atoms with Crippen LogP contribution >= 0.6 is 11.8 Å². The number of nitrogens with zero attached hydrogens (tertiary/aromatic N) is 2. The lowest BCUT2D eigenvalue weighted by atomic mass is 10.1. The van der Waals surface area contributed by atoms with Crippen LogP contribution in [0.2, 0.25) is 0 Å². The summed E-state index contributed by atoms with van der Waals surface area (Å²) in [5, 5.41) is 13.4. The van der Waals surface area contributed by atoms with Crippen molar-refractivity contribution in [2.45, 2.75) is 13.0 Å². The normalized spacial score (nSPS) is 12.1. The lowest BCUT2D eigenvalue weighted by Crippen LogP contribution is -2.18. The fourth-order valence-corrected chi connectivity index (χ4v) is 2.47. The van der Waals surface area contributed by atoms with Gasteiger partial charge in [-0.2, -0.15) is 17.0 Å². The number of thioether (sulfide) groups is 1. The van der Waals surface area contributed by atoms with Gasteiger partial charge in [-0.15, -0.1) is 0 Å². The molecule has 1 aromatic heterocycles. The van der Waals surface area contributed by atoms with Crippen molar-refractivity contribution in [2.24, 2.45) is 0 Å². The highest BCUT2D eigenvalue weighted by Gasteiger charge is 2.07. The standard InChI is InChI=1S/C14H15N3S/c1-10(9-18-2)16-14-7-11(8-15)12-5-3-4-6-13(12)17-14/h3-7,10H,9H2,1-2H3,(H,16,17). The fraction of sp³-hybridized carbons (Fsp3) is 0.286. The number of pyridine rings is 1. The second-order valence-corrected chi connectivity index (χ2v) is 5.10. The maximum atomic E-state index is 9.19. The predicted octanol–water partition coefficient (Wildman–Crippen LogP) is 3.27. The van der Waals surface area contributed by atoms with Gasteiger partial charge < -0.3 is 5.32 Å². The van der Waals surface area contributed by atoms with E-state index in [0.717, 1.165) is 22.5 Å². The molecule has 1 heterocycles. The zero-order valence-corrected chi connectivity index (χ0v) is 11.3. The molecule has 0 aliphatic carbocycles. The van der Waals surface area contributed by atoms with E-state index in [1.807, 2.05) is 30.3 Å². The number of hydrogen-bond acceptors (Lipinski definition) is 4. The SMILES string of the molecule is CSCC(C)Nc1cc(C#N)c2ccccc2n1. The lowest BCUT2D eigenvalue weighted by molar-refractivity contribution is 0.905. The molecule has 1 unspecified atom stereocenters. The van der Waals surface area contributed by atoms with Gasteiger partial charge in [-0.3, -0.25) is 0 Å². The van der Waals surface area contributed by atoms with E-state index in [9.17, 15) is 5.26 Å². The zero-order chi connectivity index (χ0) is 13.0. The maximum Gasteiger partial charge on any atom is 0.128 e. The van der Waals surface area contributed by atoms with Gasteiger partial charge in [-0.1, -0.05) is 18.2 Å². The number of anilines is 1. The van der Waals surface area contributed by atoms with E-state index in [-0.39, 0.29) is 0 Å². The molecule has 2 aromatic rings. The minimum Gasteiger partial charge on any atom is -0.367 e. The molecule has 0 radical (unpaired) electrons. The molecular formula is C14H15N3S. The van der Waals surface area contributed by atoms with Crippen LogP contribution in [0.5, 0.6) is 0 Å². The summed E-state index contributed by atoms with van der Waals surface area (Å²) in [4.78, 5) is 4.53. The Morgan fingerprint density at radius 1 is 1.44 bits per heavy atom. The van der Waals surface area contributed by atoms with Crippen molar-refractivity contribution in [1.82, 2.24) is 4.98 Å². The molecule has 2 rings (SSSR count). The highest BCUT2D eigenvalue weighted by atomic mass is 32.2. The Kier molecular flexibility index (Phi) is 4.06. The van der Waals surface area contributed by atoms with Crippen LogP contribution in [-0.2, 0) is 0 Å². The van der Waals surface area contributed by atoms with Gasteiger partial charge in [-0.25, -0.2) is 4.98 Å². The molecule has 18 heavy (non-hydrogen) atoms. The van der Waals surface area contributed by atoms with E-state index < -0.39 is 0 Å². The fourth-order valence-electron chi connectivity index (χ4n) is 1.89. The summed E-state index contributed by atoms with van der Waals surface area (Å²) in [5.74, 6) is 1.78. The monoisotopic (exact) mass is 257 g/mol. The third kappa shape index (κ3) is 2.74. The summed E-state index contributed by atoms with van der Waals surface area (Å²) in [7, 11) is 0. The summed E-state index contributed by atoms with van der Waals surface area (Å²) in [6.07, 6.45) is 2.08. The van der Waals surface area contributed by atoms with E-state index in [0.29, 0.717) is 11.6 Å². The van der Waals surface area contributed by atoms with Crippen molar-refractivity contribution in [3.05, 3.63) is 35.9 Å². The number of benzene rings is 1. The molecule has 1 aromatic carbocycles. The molecule has 0 saturated carbocycles. The average molecular weight is 257 g/mol. The van der Waals surface area contributed by atoms with Crippen LogP contribution in [0.4, 0.5) is 5.82 Å².